The van der Waals surface area contributed by atoms with E-state index in [1.807, 2.05) is 36.4 Å². The van der Waals surface area contributed by atoms with Crippen molar-refractivity contribution in [2.24, 2.45) is 0 Å². The van der Waals surface area contributed by atoms with Gasteiger partial charge < -0.3 is 10.1 Å². The molecule has 0 saturated carbocycles. The zero-order valence-electron chi connectivity index (χ0n) is 10.9. The third-order valence-electron chi connectivity index (χ3n) is 2.93. The van der Waals surface area contributed by atoms with E-state index in [2.05, 4.69) is 16.4 Å². The second-order valence-corrected chi connectivity index (χ2v) is 5.80. The minimum atomic E-state index is 0.710. The van der Waals surface area contributed by atoms with Gasteiger partial charge in [-0.05, 0) is 35.9 Å². The Hall–Kier alpha value is -1.78. The quantitative estimate of drug-likeness (QED) is 0.766. The maximum Gasteiger partial charge on any atom is 0.184 e. The second kappa shape index (κ2) is 5.69. The van der Waals surface area contributed by atoms with Crippen molar-refractivity contribution in [1.82, 2.24) is 4.98 Å². The fourth-order valence-corrected chi connectivity index (χ4v) is 2.94. The van der Waals surface area contributed by atoms with Gasteiger partial charge in [0.05, 0.1) is 17.3 Å². The van der Waals surface area contributed by atoms with Crippen molar-refractivity contribution in [3.05, 3.63) is 53.1 Å². The van der Waals surface area contributed by atoms with Crippen LogP contribution in [0.5, 0.6) is 5.75 Å². The normalized spacial score (nSPS) is 10.7. The number of methoxy groups -OCH3 is 1. The minimum absolute atomic E-state index is 0.710. The van der Waals surface area contributed by atoms with Crippen molar-refractivity contribution < 1.29 is 4.74 Å². The second-order valence-electron chi connectivity index (χ2n) is 4.34. The van der Waals surface area contributed by atoms with E-state index in [1.54, 1.807) is 18.4 Å². The number of hydrogen-bond donors (Lipinski definition) is 1. The number of ether oxygens (including phenoxy) is 1. The summed E-state index contributed by atoms with van der Waals surface area (Å²) in [5, 5.41) is 4.93. The number of aromatic nitrogens is 1. The highest BCUT2D eigenvalue weighted by atomic mass is 35.5. The van der Waals surface area contributed by atoms with Gasteiger partial charge in [0.1, 0.15) is 5.75 Å². The summed E-state index contributed by atoms with van der Waals surface area (Å²) >= 11 is 7.59. The minimum Gasteiger partial charge on any atom is -0.497 e. The highest BCUT2D eigenvalue weighted by molar-refractivity contribution is 7.22. The highest BCUT2D eigenvalue weighted by Gasteiger charge is 2.04. The number of fused-ring (bicyclic) bond motifs is 1. The molecule has 102 valence electrons. The summed E-state index contributed by atoms with van der Waals surface area (Å²) < 4.78 is 6.34. The molecular formula is C15H13ClN2OS. The summed E-state index contributed by atoms with van der Waals surface area (Å²) in [6.07, 6.45) is 0. The van der Waals surface area contributed by atoms with Crippen LogP contribution in [0.15, 0.2) is 42.5 Å². The third kappa shape index (κ3) is 2.86. The van der Waals surface area contributed by atoms with Crippen LogP contribution in [0.2, 0.25) is 5.02 Å². The van der Waals surface area contributed by atoms with E-state index >= 15 is 0 Å². The van der Waals surface area contributed by atoms with Crippen molar-refractivity contribution >= 4 is 38.3 Å². The largest absolute Gasteiger partial charge is 0.497 e. The molecule has 5 heteroatoms. The van der Waals surface area contributed by atoms with Gasteiger partial charge in [-0.3, -0.25) is 0 Å². The van der Waals surface area contributed by atoms with E-state index in [9.17, 15) is 0 Å². The van der Waals surface area contributed by atoms with Crippen LogP contribution in [-0.4, -0.2) is 12.1 Å². The van der Waals surface area contributed by atoms with Gasteiger partial charge in [-0.15, -0.1) is 0 Å². The van der Waals surface area contributed by atoms with Crippen LogP contribution >= 0.6 is 22.9 Å². The van der Waals surface area contributed by atoms with Crippen LogP contribution in [0, 0.1) is 0 Å². The van der Waals surface area contributed by atoms with E-state index < -0.39 is 0 Å². The van der Waals surface area contributed by atoms with Gasteiger partial charge >= 0.3 is 0 Å². The molecule has 0 aliphatic heterocycles. The van der Waals surface area contributed by atoms with Gasteiger partial charge in [-0.25, -0.2) is 4.98 Å². The van der Waals surface area contributed by atoms with E-state index in [0.717, 1.165) is 26.7 Å². The molecule has 0 unspecified atom stereocenters. The Morgan fingerprint density at radius 2 is 2.15 bits per heavy atom. The van der Waals surface area contributed by atoms with Gasteiger partial charge in [0.15, 0.2) is 5.13 Å². The number of anilines is 1. The zero-order valence-corrected chi connectivity index (χ0v) is 12.5. The first kappa shape index (κ1) is 13.2. The Bertz CT molecular complexity index is 742. The molecule has 3 aromatic rings. The number of nitrogens with one attached hydrogen (secondary N) is 1. The fourth-order valence-electron chi connectivity index (χ4n) is 1.94. The molecular weight excluding hydrogens is 292 g/mol. The van der Waals surface area contributed by atoms with Gasteiger partial charge in [-0.2, -0.15) is 0 Å². The Morgan fingerprint density at radius 3 is 3.00 bits per heavy atom. The molecule has 2 aromatic carbocycles. The Morgan fingerprint density at radius 1 is 1.25 bits per heavy atom. The number of rotatable bonds is 4. The SMILES string of the molecule is COc1cccc(CNc2nc3cc(Cl)ccc3s2)c1. The predicted octanol–water partition coefficient (Wildman–Crippen LogP) is 4.57. The molecule has 0 saturated heterocycles. The lowest BCUT2D eigenvalue weighted by Gasteiger charge is -2.05. The third-order valence-corrected chi connectivity index (χ3v) is 4.16. The Kier molecular flexibility index (Phi) is 3.76. The molecule has 0 aliphatic rings. The average molecular weight is 305 g/mol. The number of benzene rings is 2. The topological polar surface area (TPSA) is 34.1 Å². The number of halogens is 1. The summed E-state index contributed by atoms with van der Waals surface area (Å²) in [6, 6.07) is 13.7. The van der Waals surface area contributed by atoms with Crippen molar-refractivity contribution in [3.63, 3.8) is 0 Å². The summed E-state index contributed by atoms with van der Waals surface area (Å²) in [4.78, 5) is 4.52. The maximum atomic E-state index is 5.96. The molecule has 0 radical (unpaired) electrons. The van der Waals surface area contributed by atoms with Crippen LogP contribution < -0.4 is 10.1 Å². The first-order valence-electron chi connectivity index (χ1n) is 6.17. The van der Waals surface area contributed by atoms with Crippen LogP contribution in [-0.2, 0) is 6.54 Å². The molecule has 0 atom stereocenters. The van der Waals surface area contributed by atoms with Crippen molar-refractivity contribution in [2.75, 3.05) is 12.4 Å². The monoisotopic (exact) mass is 304 g/mol. The number of nitrogens with zero attached hydrogens (tertiary/aromatic N) is 1. The lowest BCUT2D eigenvalue weighted by atomic mass is 10.2. The molecule has 0 bridgehead atoms. The Labute approximate surface area is 126 Å². The van der Waals surface area contributed by atoms with Gasteiger partial charge in [0.2, 0.25) is 0 Å². The van der Waals surface area contributed by atoms with E-state index in [1.165, 1.54) is 0 Å². The number of hydrogen-bond acceptors (Lipinski definition) is 4. The molecule has 1 N–H and O–H groups in total. The smallest absolute Gasteiger partial charge is 0.184 e. The molecule has 3 nitrogen and oxygen atoms in total. The standard InChI is InChI=1S/C15H13ClN2OS/c1-19-12-4-2-3-10(7-12)9-17-15-18-13-8-11(16)5-6-14(13)20-15/h2-8H,9H2,1H3,(H,17,18). The first-order chi connectivity index (χ1) is 9.74. The summed E-state index contributed by atoms with van der Waals surface area (Å²) in [7, 11) is 1.67. The van der Waals surface area contributed by atoms with Gasteiger partial charge in [-0.1, -0.05) is 35.1 Å². The van der Waals surface area contributed by atoms with Gasteiger partial charge in [0, 0.05) is 11.6 Å². The number of thiazole rings is 1. The van der Waals surface area contributed by atoms with E-state index in [4.69, 9.17) is 16.3 Å². The summed E-state index contributed by atoms with van der Waals surface area (Å²) in [5.41, 5.74) is 2.08. The maximum absolute atomic E-state index is 5.96. The highest BCUT2D eigenvalue weighted by Crippen LogP contribution is 2.28. The molecule has 0 aliphatic carbocycles. The fraction of sp³-hybridized carbons (Fsp3) is 0.133. The van der Waals surface area contributed by atoms with Crippen LogP contribution in [0.3, 0.4) is 0 Å². The molecule has 1 aromatic heterocycles. The summed E-state index contributed by atoms with van der Waals surface area (Å²) in [6.45, 7) is 0.713. The molecule has 0 fully saturated rings. The molecule has 0 amide bonds. The van der Waals surface area contributed by atoms with E-state index in [0.29, 0.717) is 11.6 Å². The molecule has 3 rings (SSSR count). The first-order valence-corrected chi connectivity index (χ1v) is 7.37. The lowest BCUT2D eigenvalue weighted by molar-refractivity contribution is 0.414. The van der Waals surface area contributed by atoms with Gasteiger partial charge in [0.25, 0.3) is 0 Å². The zero-order chi connectivity index (χ0) is 13.9. The van der Waals surface area contributed by atoms with Crippen LogP contribution in [0.25, 0.3) is 10.2 Å². The van der Waals surface area contributed by atoms with Crippen LogP contribution in [0.4, 0.5) is 5.13 Å². The Balaban J connectivity index is 1.76. The lowest BCUT2D eigenvalue weighted by Crippen LogP contribution is -1.98. The predicted molar refractivity (Wildman–Crippen MR) is 85.0 cm³/mol. The molecule has 0 spiro atoms. The molecule has 20 heavy (non-hydrogen) atoms. The average Bonchev–Trinajstić information content (AvgIpc) is 2.87. The van der Waals surface area contributed by atoms with Crippen molar-refractivity contribution in [2.45, 2.75) is 6.54 Å². The van der Waals surface area contributed by atoms with Crippen LogP contribution in [0.1, 0.15) is 5.56 Å². The van der Waals surface area contributed by atoms with E-state index in [-0.39, 0.29) is 0 Å². The molecule has 1 heterocycles. The summed E-state index contributed by atoms with van der Waals surface area (Å²) in [5.74, 6) is 0.861. The van der Waals surface area contributed by atoms with Crippen molar-refractivity contribution in [3.8, 4) is 5.75 Å². The van der Waals surface area contributed by atoms with Crippen molar-refractivity contribution in [1.29, 1.82) is 0 Å².